The van der Waals surface area contributed by atoms with Gasteiger partial charge >= 0.3 is 0 Å². The van der Waals surface area contributed by atoms with Gasteiger partial charge < -0.3 is 9.84 Å². The molecule has 0 radical (unpaired) electrons. The molecule has 0 spiro atoms. The Morgan fingerprint density at radius 1 is 1.12 bits per heavy atom. The molecule has 0 saturated carbocycles. The monoisotopic (exact) mass is 236 g/mol. The number of rotatable bonds is 7. The van der Waals surface area contributed by atoms with Crippen LogP contribution in [0.2, 0.25) is 0 Å². The fourth-order valence-corrected chi connectivity index (χ4v) is 2.12. The van der Waals surface area contributed by atoms with Crippen LogP contribution in [0, 0.1) is 5.92 Å². The first kappa shape index (κ1) is 14.0. The molecule has 0 fully saturated rings. The van der Waals surface area contributed by atoms with E-state index in [1.807, 2.05) is 24.3 Å². The quantitative estimate of drug-likeness (QED) is 0.786. The normalized spacial score (nSPS) is 12.8. The Morgan fingerprint density at radius 2 is 1.71 bits per heavy atom. The molecule has 0 saturated heterocycles. The average molecular weight is 236 g/mol. The van der Waals surface area contributed by atoms with Crippen molar-refractivity contribution in [2.45, 2.75) is 45.6 Å². The molecule has 0 aliphatic rings. The van der Waals surface area contributed by atoms with E-state index in [4.69, 9.17) is 4.74 Å². The van der Waals surface area contributed by atoms with Crippen molar-refractivity contribution < 1.29 is 9.84 Å². The van der Waals surface area contributed by atoms with Gasteiger partial charge in [0, 0.05) is 0 Å². The summed E-state index contributed by atoms with van der Waals surface area (Å²) in [6.45, 7) is 4.38. The Hall–Kier alpha value is -1.02. The van der Waals surface area contributed by atoms with Crippen molar-refractivity contribution in [3.05, 3.63) is 29.8 Å². The van der Waals surface area contributed by atoms with Gasteiger partial charge in [-0.05, 0) is 36.5 Å². The highest BCUT2D eigenvalue weighted by Crippen LogP contribution is 2.18. The minimum atomic E-state index is -0.228. The van der Waals surface area contributed by atoms with Crippen molar-refractivity contribution >= 4 is 0 Å². The Bertz CT molecular complexity index is 301. The Labute approximate surface area is 105 Å². The number of aliphatic hydroxyl groups excluding tert-OH is 1. The highest BCUT2D eigenvalue weighted by Gasteiger charge is 2.11. The number of hydrogen-bond donors (Lipinski definition) is 1. The third-order valence-corrected chi connectivity index (χ3v) is 3.39. The van der Waals surface area contributed by atoms with Crippen LogP contribution in [-0.2, 0) is 6.42 Å². The highest BCUT2D eigenvalue weighted by atomic mass is 16.5. The van der Waals surface area contributed by atoms with Crippen molar-refractivity contribution in [2.24, 2.45) is 5.92 Å². The van der Waals surface area contributed by atoms with Gasteiger partial charge in [-0.2, -0.15) is 0 Å². The van der Waals surface area contributed by atoms with E-state index >= 15 is 0 Å². The molecule has 1 N–H and O–H groups in total. The molecule has 0 amide bonds. The molecule has 1 unspecified atom stereocenters. The predicted molar refractivity (Wildman–Crippen MR) is 71.4 cm³/mol. The summed E-state index contributed by atoms with van der Waals surface area (Å²) >= 11 is 0. The summed E-state index contributed by atoms with van der Waals surface area (Å²) in [4.78, 5) is 0. The second-order valence-corrected chi connectivity index (χ2v) is 4.62. The molecule has 0 aromatic heterocycles. The number of hydrogen-bond acceptors (Lipinski definition) is 2. The molecule has 0 bridgehead atoms. The lowest BCUT2D eigenvalue weighted by Crippen LogP contribution is -2.15. The first-order valence-corrected chi connectivity index (χ1v) is 6.50. The van der Waals surface area contributed by atoms with E-state index < -0.39 is 0 Å². The van der Waals surface area contributed by atoms with E-state index in [2.05, 4.69) is 13.8 Å². The predicted octanol–water partition coefficient (Wildman–Crippen LogP) is 3.42. The van der Waals surface area contributed by atoms with Crippen LogP contribution in [0.4, 0.5) is 0 Å². The lowest BCUT2D eigenvalue weighted by Gasteiger charge is -2.17. The summed E-state index contributed by atoms with van der Waals surface area (Å²) in [6, 6.07) is 7.93. The van der Waals surface area contributed by atoms with E-state index in [9.17, 15) is 5.11 Å². The van der Waals surface area contributed by atoms with E-state index in [0.717, 1.165) is 31.4 Å². The molecule has 2 heteroatoms. The van der Waals surface area contributed by atoms with Crippen LogP contribution in [-0.4, -0.2) is 18.3 Å². The molecule has 0 heterocycles. The molecule has 1 rings (SSSR count). The fraction of sp³-hybridized carbons (Fsp3) is 0.600. The summed E-state index contributed by atoms with van der Waals surface area (Å²) < 4.78 is 5.11. The zero-order chi connectivity index (χ0) is 12.7. The van der Waals surface area contributed by atoms with Crippen molar-refractivity contribution in [1.82, 2.24) is 0 Å². The van der Waals surface area contributed by atoms with Crippen molar-refractivity contribution in [2.75, 3.05) is 7.11 Å². The molecule has 1 aromatic carbocycles. The van der Waals surface area contributed by atoms with E-state index in [1.165, 1.54) is 5.56 Å². The summed E-state index contributed by atoms with van der Waals surface area (Å²) in [6.07, 6.45) is 3.71. The van der Waals surface area contributed by atoms with Gasteiger partial charge in [0.25, 0.3) is 0 Å². The van der Waals surface area contributed by atoms with Gasteiger partial charge in [0.15, 0.2) is 0 Å². The Kier molecular flexibility index (Phi) is 6.06. The third-order valence-electron chi connectivity index (χ3n) is 3.39. The molecule has 96 valence electrons. The van der Waals surface area contributed by atoms with Crippen LogP contribution >= 0.6 is 0 Å². The van der Waals surface area contributed by atoms with Crippen LogP contribution in [0.25, 0.3) is 0 Å². The molecule has 1 atom stereocenters. The van der Waals surface area contributed by atoms with Crippen LogP contribution in [0.15, 0.2) is 24.3 Å². The average Bonchev–Trinajstić information content (AvgIpc) is 2.37. The zero-order valence-electron chi connectivity index (χ0n) is 11.1. The minimum absolute atomic E-state index is 0.228. The molecule has 2 nitrogen and oxygen atoms in total. The number of benzene rings is 1. The fourth-order valence-electron chi connectivity index (χ4n) is 2.12. The maximum absolute atomic E-state index is 10.0. The van der Waals surface area contributed by atoms with Gasteiger partial charge in [0.2, 0.25) is 0 Å². The van der Waals surface area contributed by atoms with E-state index in [1.54, 1.807) is 7.11 Å². The first-order valence-electron chi connectivity index (χ1n) is 6.50. The van der Waals surface area contributed by atoms with Gasteiger partial charge in [-0.1, -0.05) is 38.8 Å². The van der Waals surface area contributed by atoms with E-state index in [-0.39, 0.29) is 6.10 Å². The van der Waals surface area contributed by atoms with Gasteiger partial charge in [-0.3, -0.25) is 0 Å². The molecular weight excluding hydrogens is 212 g/mol. The van der Waals surface area contributed by atoms with E-state index in [0.29, 0.717) is 5.92 Å². The van der Waals surface area contributed by atoms with Gasteiger partial charge in [0.1, 0.15) is 5.75 Å². The van der Waals surface area contributed by atoms with Crippen LogP contribution in [0.1, 0.15) is 38.7 Å². The van der Waals surface area contributed by atoms with Crippen LogP contribution < -0.4 is 4.74 Å². The van der Waals surface area contributed by atoms with Gasteiger partial charge in [-0.25, -0.2) is 0 Å². The summed E-state index contributed by atoms with van der Waals surface area (Å²) in [7, 11) is 1.66. The zero-order valence-corrected chi connectivity index (χ0v) is 11.1. The summed E-state index contributed by atoms with van der Waals surface area (Å²) in [5.41, 5.74) is 1.17. The minimum Gasteiger partial charge on any atom is -0.497 e. The lowest BCUT2D eigenvalue weighted by atomic mass is 9.93. The third kappa shape index (κ3) is 4.78. The number of ether oxygens (including phenoxy) is 1. The second-order valence-electron chi connectivity index (χ2n) is 4.62. The topological polar surface area (TPSA) is 29.5 Å². The maximum atomic E-state index is 10.0. The Morgan fingerprint density at radius 3 is 2.18 bits per heavy atom. The SMILES string of the molecule is CCC(CC)CC(O)Cc1ccc(OC)cc1. The van der Waals surface area contributed by atoms with Crippen molar-refractivity contribution in [3.8, 4) is 5.75 Å². The molecule has 0 aliphatic carbocycles. The maximum Gasteiger partial charge on any atom is 0.118 e. The lowest BCUT2D eigenvalue weighted by molar-refractivity contribution is 0.139. The molecule has 17 heavy (non-hydrogen) atoms. The molecule has 1 aromatic rings. The second kappa shape index (κ2) is 7.33. The highest BCUT2D eigenvalue weighted by molar-refractivity contribution is 5.27. The number of aliphatic hydroxyl groups is 1. The van der Waals surface area contributed by atoms with Crippen molar-refractivity contribution in [1.29, 1.82) is 0 Å². The first-order chi connectivity index (χ1) is 8.19. The van der Waals surface area contributed by atoms with Crippen LogP contribution in [0.5, 0.6) is 5.75 Å². The van der Waals surface area contributed by atoms with Gasteiger partial charge in [0.05, 0.1) is 13.2 Å². The van der Waals surface area contributed by atoms with Gasteiger partial charge in [-0.15, -0.1) is 0 Å². The largest absolute Gasteiger partial charge is 0.497 e. The summed E-state index contributed by atoms with van der Waals surface area (Å²) in [5, 5.41) is 10.0. The number of methoxy groups -OCH3 is 1. The van der Waals surface area contributed by atoms with Crippen molar-refractivity contribution in [3.63, 3.8) is 0 Å². The smallest absolute Gasteiger partial charge is 0.118 e. The summed E-state index contributed by atoms with van der Waals surface area (Å²) in [5.74, 6) is 1.51. The molecular formula is C15H24O2. The Balaban J connectivity index is 2.46. The standard InChI is InChI=1S/C15H24O2/c1-4-12(5-2)10-14(16)11-13-6-8-15(17-3)9-7-13/h6-9,12,14,16H,4-5,10-11H2,1-3H3. The van der Waals surface area contributed by atoms with Crippen LogP contribution in [0.3, 0.4) is 0 Å². The molecule has 0 aliphatic heterocycles.